The smallest absolute Gasteiger partial charge is 0.239 e. The number of carbonyl (C=O) groups is 1. The van der Waals surface area contributed by atoms with Crippen LogP contribution >= 0.6 is 11.6 Å². The Bertz CT molecular complexity index is 666. The summed E-state index contributed by atoms with van der Waals surface area (Å²) in [6, 6.07) is 7.53. The van der Waals surface area contributed by atoms with Crippen LogP contribution in [-0.4, -0.2) is 46.8 Å². The van der Waals surface area contributed by atoms with Crippen LogP contribution in [0.25, 0.3) is 0 Å². The number of amides is 1. The third-order valence-corrected chi connectivity index (χ3v) is 4.11. The predicted molar refractivity (Wildman–Crippen MR) is 93.1 cm³/mol. The average Bonchev–Trinajstić information content (AvgIpc) is 3.06. The van der Waals surface area contributed by atoms with E-state index < -0.39 is 0 Å². The number of carbonyl (C=O) groups excluding carboxylic acids is 1. The van der Waals surface area contributed by atoms with Gasteiger partial charge in [-0.05, 0) is 37.1 Å². The van der Waals surface area contributed by atoms with Gasteiger partial charge in [0.25, 0.3) is 0 Å². The first-order chi connectivity index (χ1) is 11.7. The highest BCUT2D eigenvalue weighted by molar-refractivity contribution is 6.30. The Morgan fingerprint density at radius 3 is 3.04 bits per heavy atom. The molecule has 0 aromatic carbocycles. The summed E-state index contributed by atoms with van der Waals surface area (Å²) in [5.74, 6) is 1.25. The van der Waals surface area contributed by atoms with Gasteiger partial charge in [0.2, 0.25) is 5.91 Å². The number of halogens is 1. The molecule has 3 rings (SSSR count). The molecule has 0 bridgehead atoms. The van der Waals surface area contributed by atoms with Gasteiger partial charge in [-0.1, -0.05) is 11.6 Å². The van der Waals surface area contributed by atoms with Gasteiger partial charge in [0.15, 0.2) is 5.82 Å². The molecule has 0 aliphatic carbocycles. The second-order valence-electron chi connectivity index (χ2n) is 5.61. The summed E-state index contributed by atoms with van der Waals surface area (Å²) in [5, 5.41) is 14.6. The van der Waals surface area contributed by atoms with Crippen molar-refractivity contribution in [1.29, 1.82) is 0 Å². The van der Waals surface area contributed by atoms with E-state index in [-0.39, 0.29) is 12.5 Å². The van der Waals surface area contributed by atoms with Crippen molar-refractivity contribution in [2.75, 3.05) is 29.9 Å². The zero-order valence-corrected chi connectivity index (χ0v) is 13.9. The van der Waals surface area contributed by atoms with E-state index in [4.69, 9.17) is 11.6 Å². The van der Waals surface area contributed by atoms with Gasteiger partial charge in [0.05, 0.1) is 11.6 Å². The zero-order valence-electron chi connectivity index (χ0n) is 13.2. The number of anilines is 2. The number of nitrogens with zero attached hydrogens (tertiary/aromatic N) is 4. The van der Waals surface area contributed by atoms with Crippen LogP contribution in [0.15, 0.2) is 36.7 Å². The van der Waals surface area contributed by atoms with Gasteiger partial charge in [0.1, 0.15) is 5.82 Å². The molecular weight excluding hydrogens is 328 g/mol. The molecule has 2 aromatic rings. The Kier molecular flexibility index (Phi) is 5.55. The van der Waals surface area contributed by atoms with Crippen LogP contribution in [0.5, 0.6) is 0 Å². The summed E-state index contributed by atoms with van der Waals surface area (Å²) < 4.78 is 0. The van der Waals surface area contributed by atoms with Crippen molar-refractivity contribution in [3.05, 3.63) is 41.7 Å². The Morgan fingerprint density at radius 2 is 2.29 bits per heavy atom. The summed E-state index contributed by atoms with van der Waals surface area (Å²) in [4.78, 5) is 18.2. The quantitative estimate of drug-likeness (QED) is 0.828. The van der Waals surface area contributed by atoms with Crippen molar-refractivity contribution in [2.24, 2.45) is 0 Å². The van der Waals surface area contributed by atoms with Crippen LogP contribution in [0.2, 0.25) is 5.02 Å². The van der Waals surface area contributed by atoms with Gasteiger partial charge in [-0.3, -0.25) is 4.79 Å². The standard InChI is InChI=1S/C16H19ClN6O/c17-12-5-6-14(19-9-12)21-16(24)11-18-10-13-3-2-8-23(13)15-4-1-7-20-22-15/h1,4-7,9,13,18H,2-3,8,10-11H2,(H,19,21,24). The third kappa shape index (κ3) is 4.39. The van der Waals surface area contributed by atoms with Crippen molar-refractivity contribution in [3.63, 3.8) is 0 Å². The topological polar surface area (TPSA) is 83.0 Å². The van der Waals surface area contributed by atoms with Crippen molar-refractivity contribution in [3.8, 4) is 0 Å². The molecule has 1 atom stereocenters. The predicted octanol–water partition coefficient (Wildman–Crippen LogP) is 1.72. The first-order valence-corrected chi connectivity index (χ1v) is 8.26. The van der Waals surface area contributed by atoms with Gasteiger partial charge in [-0.2, -0.15) is 5.10 Å². The van der Waals surface area contributed by atoms with Gasteiger partial charge in [0, 0.05) is 31.5 Å². The highest BCUT2D eigenvalue weighted by Crippen LogP contribution is 2.22. The number of rotatable bonds is 6. The summed E-state index contributed by atoms with van der Waals surface area (Å²) in [6.45, 7) is 1.92. The summed E-state index contributed by atoms with van der Waals surface area (Å²) in [6.07, 6.45) is 5.36. The molecule has 8 heteroatoms. The van der Waals surface area contributed by atoms with E-state index in [1.807, 2.05) is 12.1 Å². The first-order valence-electron chi connectivity index (χ1n) is 7.89. The van der Waals surface area contributed by atoms with Crippen molar-refractivity contribution in [1.82, 2.24) is 20.5 Å². The monoisotopic (exact) mass is 346 g/mol. The van der Waals surface area contributed by atoms with E-state index in [1.54, 1.807) is 18.3 Å². The number of hydrogen-bond acceptors (Lipinski definition) is 6. The Hall–Kier alpha value is -2.25. The number of nitrogens with one attached hydrogen (secondary N) is 2. The molecular formula is C16H19ClN6O. The third-order valence-electron chi connectivity index (χ3n) is 3.89. The van der Waals surface area contributed by atoms with E-state index in [0.717, 1.165) is 31.7 Å². The minimum absolute atomic E-state index is 0.131. The molecule has 1 aliphatic heterocycles. The molecule has 2 aromatic heterocycles. The minimum atomic E-state index is -0.131. The van der Waals surface area contributed by atoms with Gasteiger partial charge in [-0.15, -0.1) is 5.10 Å². The molecule has 1 saturated heterocycles. The molecule has 0 radical (unpaired) electrons. The molecule has 1 aliphatic rings. The highest BCUT2D eigenvalue weighted by Gasteiger charge is 2.25. The van der Waals surface area contributed by atoms with Gasteiger partial charge >= 0.3 is 0 Å². The number of hydrogen-bond donors (Lipinski definition) is 2. The van der Waals surface area contributed by atoms with Crippen LogP contribution in [0, 0.1) is 0 Å². The molecule has 24 heavy (non-hydrogen) atoms. The van der Waals surface area contributed by atoms with Crippen LogP contribution in [0.4, 0.5) is 11.6 Å². The molecule has 7 nitrogen and oxygen atoms in total. The Morgan fingerprint density at radius 1 is 1.38 bits per heavy atom. The largest absolute Gasteiger partial charge is 0.351 e. The van der Waals surface area contributed by atoms with E-state index in [1.165, 1.54) is 6.20 Å². The second kappa shape index (κ2) is 8.03. The summed E-state index contributed by atoms with van der Waals surface area (Å²) >= 11 is 5.77. The molecule has 0 saturated carbocycles. The first kappa shape index (κ1) is 16.6. The fraction of sp³-hybridized carbons (Fsp3) is 0.375. The van der Waals surface area contributed by atoms with Crippen LogP contribution in [0.3, 0.4) is 0 Å². The maximum atomic E-state index is 11.9. The Labute approximate surface area is 145 Å². The highest BCUT2D eigenvalue weighted by atomic mass is 35.5. The molecule has 1 fully saturated rings. The number of pyridine rings is 1. The van der Waals surface area contributed by atoms with Crippen LogP contribution in [-0.2, 0) is 4.79 Å². The van der Waals surface area contributed by atoms with Crippen molar-refractivity contribution in [2.45, 2.75) is 18.9 Å². The van der Waals surface area contributed by atoms with E-state index in [2.05, 4.69) is 30.7 Å². The normalized spacial score (nSPS) is 17.0. The lowest BCUT2D eigenvalue weighted by atomic mass is 10.2. The minimum Gasteiger partial charge on any atom is -0.351 e. The second-order valence-corrected chi connectivity index (χ2v) is 6.05. The maximum Gasteiger partial charge on any atom is 0.239 e. The van der Waals surface area contributed by atoms with Crippen molar-refractivity contribution < 1.29 is 4.79 Å². The lowest BCUT2D eigenvalue weighted by Crippen LogP contribution is -2.41. The van der Waals surface area contributed by atoms with Crippen LogP contribution in [0.1, 0.15) is 12.8 Å². The lowest BCUT2D eigenvalue weighted by Gasteiger charge is -2.25. The van der Waals surface area contributed by atoms with Crippen LogP contribution < -0.4 is 15.5 Å². The fourth-order valence-corrected chi connectivity index (χ4v) is 2.90. The molecule has 1 amide bonds. The Balaban J connectivity index is 1.45. The fourth-order valence-electron chi connectivity index (χ4n) is 2.79. The molecule has 3 heterocycles. The molecule has 0 spiro atoms. The number of aromatic nitrogens is 3. The average molecular weight is 347 g/mol. The molecule has 2 N–H and O–H groups in total. The van der Waals surface area contributed by atoms with E-state index >= 15 is 0 Å². The van der Waals surface area contributed by atoms with E-state index in [9.17, 15) is 4.79 Å². The van der Waals surface area contributed by atoms with E-state index in [0.29, 0.717) is 16.9 Å². The van der Waals surface area contributed by atoms with Crippen molar-refractivity contribution >= 4 is 29.1 Å². The SMILES string of the molecule is O=C(CNCC1CCCN1c1cccnn1)Nc1ccc(Cl)cn1. The summed E-state index contributed by atoms with van der Waals surface area (Å²) in [5.41, 5.74) is 0. The molecule has 1 unspecified atom stereocenters. The zero-order chi connectivity index (χ0) is 16.8. The molecule has 126 valence electrons. The maximum absolute atomic E-state index is 11.9. The summed E-state index contributed by atoms with van der Waals surface area (Å²) in [7, 11) is 0. The van der Waals surface area contributed by atoms with Gasteiger partial charge < -0.3 is 15.5 Å². The van der Waals surface area contributed by atoms with Gasteiger partial charge in [-0.25, -0.2) is 4.98 Å². The lowest BCUT2D eigenvalue weighted by molar-refractivity contribution is -0.115.